The van der Waals surface area contributed by atoms with Crippen LogP contribution in [0, 0.1) is 0 Å². The number of likely N-dealkylation sites (N-methyl/N-ethyl adjacent to an activating group) is 1. The number of carbonyl (C=O) groups excluding carboxylic acids is 2. The van der Waals surface area contributed by atoms with Crippen LogP contribution in [0.1, 0.15) is 24.2 Å². The van der Waals surface area contributed by atoms with E-state index in [-0.39, 0.29) is 19.1 Å². The lowest BCUT2D eigenvalue weighted by molar-refractivity contribution is -0.131. The van der Waals surface area contributed by atoms with Crippen molar-refractivity contribution in [2.45, 2.75) is 13.8 Å². The van der Waals surface area contributed by atoms with Crippen molar-refractivity contribution in [3.63, 3.8) is 0 Å². The molecule has 0 radical (unpaired) electrons. The van der Waals surface area contributed by atoms with Gasteiger partial charge in [0.25, 0.3) is 0 Å². The van der Waals surface area contributed by atoms with Gasteiger partial charge in [0.1, 0.15) is 6.54 Å². The second-order valence-corrected chi connectivity index (χ2v) is 8.26. The number of sulfonamides is 1. The summed E-state index contributed by atoms with van der Waals surface area (Å²) in [6.07, 6.45) is 1.06. The van der Waals surface area contributed by atoms with Gasteiger partial charge in [0.15, 0.2) is 0 Å². The molecule has 0 N–H and O–H groups in total. The van der Waals surface area contributed by atoms with E-state index < -0.39 is 16.0 Å². The molecule has 1 aliphatic rings. The Hall–Kier alpha value is -2.13. The summed E-state index contributed by atoms with van der Waals surface area (Å²) in [4.78, 5) is 28.3. The van der Waals surface area contributed by atoms with Gasteiger partial charge in [-0.25, -0.2) is 13.2 Å². The van der Waals surface area contributed by atoms with Gasteiger partial charge in [0.2, 0.25) is 15.9 Å². The number of piperazine rings is 1. The van der Waals surface area contributed by atoms with Crippen molar-refractivity contribution in [3.8, 4) is 0 Å². The molecule has 1 fully saturated rings. The van der Waals surface area contributed by atoms with Crippen molar-refractivity contribution in [2.75, 3.05) is 56.4 Å². The minimum Gasteiger partial charge on any atom is -0.462 e. The number of rotatable bonds is 7. The van der Waals surface area contributed by atoms with Gasteiger partial charge in [-0.2, -0.15) is 0 Å². The second kappa shape index (κ2) is 9.18. The van der Waals surface area contributed by atoms with Crippen molar-refractivity contribution < 1.29 is 22.7 Å². The van der Waals surface area contributed by atoms with Gasteiger partial charge in [-0.15, -0.1) is 0 Å². The minimum atomic E-state index is -3.65. The van der Waals surface area contributed by atoms with Crippen molar-refractivity contribution in [1.82, 2.24) is 9.80 Å². The molecule has 9 heteroatoms. The lowest BCUT2D eigenvalue weighted by Gasteiger charge is -2.35. The van der Waals surface area contributed by atoms with E-state index >= 15 is 0 Å². The van der Waals surface area contributed by atoms with Crippen molar-refractivity contribution in [3.05, 3.63) is 29.8 Å². The summed E-state index contributed by atoms with van der Waals surface area (Å²) in [7, 11) is -3.65. The first kappa shape index (κ1) is 21.2. The van der Waals surface area contributed by atoms with Crippen LogP contribution in [0.25, 0.3) is 0 Å². The molecule has 0 aromatic heterocycles. The normalized spacial score (nSPS) is 15.4. The highest BCUT2D eigenvalue weighted by molar-refractivity contribution is 7.92. The van der Waals surface area contributed by atoms with Gasteiger partial charge in [-0.3, -0.25) is 9.10 Å². The van der Waals surface area contributed by atoms with Crippen LogP contribution >= 0.6 is 0 Å². The third-order valence-electron chi connectivity index (χ3n) is 4.52. The number of anilines is 1. The highest BCUT2D eigenvalue weighted by Crippen LogP contribution is 2.19. The molecule has 150 valence electrons. The number of hydrogen-bond donors (Lipinski definition) is 0. The molecule has 1 aromatic rings. The van der Waals surface area contributed by atoms with Gasteiger partial charge < -0.3 is 14.5 Å². The fourth-order valence-electron chi connectivity index (χ4n) is 2.91. The monoisotopic (exact) mass is 397 g/mol. The maximum atomic E-state index is 12.6. The number of amides is 1. The molecule has 1 amide bonds. The predicted molar refractivity (Wildman–Crippen MR) is 103 cm³/mol. The Labute approximate surface area is 160 Å². The van der Waals surface area contributed by atoms with E-state index in [0.717, 1.165) is 30.2 Å². The van der Waals surface area contributed by atoms with E-state index in [0.29, 0.717) is 24.3 Å². The van der Waals surface area contributed by atoms with Gasteiger partial charge in [-0.05, 0) is 37.7 Å². The SMILES string of the molecule is CCOC(=O)c1ccc(N(CC(=O)N2CCN(CC)CC2)S(C)(=O)=O)cc1. The molecular formula is C18H27N3O5S. The average molecular weight is 397 g/mol. The average Bonchev–Trinajstić information content (AvgIpc) is 2.65. The Morgan fingerprint density at radius 1 is 1.07 bits per heavy atom. The van der Waals surface area contributed by atoms with E-state index in [9.17, 15) is 18.0 Å². The number of nitrogens with zero attached hydrogens (tertiary/aromatic N) is 3. The van der Waals surface area contributed by atoms with E-state index in [1.165, 1.54) is 24.3 Å². The summed E-state index contributed by atoms with van der Waals surface area (Å²) in [5, 5.41) is 0. The van der Waals surface area contributed by atoms with E-state index in [1.807, 2.05) is 0 Å². The zero-order chi connectivity index (χ0) is 20.0. The summed E-state index contributed by atoms with van der Waals surface area (Å²) in [5.41, 5.74) is 0.669. The van der Waals surface area contributed by atoms with Crippen LogP contribution in [0.4, 0.5) is 5.69 Å². The van der Waals surface area contributed by atoms with Crippen molar-refractivity contribution in [2.24, 2.45) is 0 Å². The molecule has 0 atom stereocenters. The van der Waals surface area contributed by atoms with Gasteiger partial charge >= 0.3 is 5.97 Å². The van der Waals surface area contributed by atoms with Crippen LogP contribution in [-0.4, -0.2) is 82.2 Å². The standard InChI is InChI=1S/C18H27N3O5S/c1-4-19-10-12-20(13-11-19)17(22)14-21(27(3,24)25)16-8-6-15(7-9-16)18(23)26-5-2/h6-9H,4-5,10-14H2,1-3H3. The molecule has 1 aromatic carbocycles. The first-order chi connectivity index (χ1) is 12.8. The van der Waals surface area contributed by atoms with Crippen LogP contribution in [0.5, 0.6) is 0 Å². The largest absolute Gasteiger partial charge is 0.462 e. The highest BCUT2D eigenvalue weighted by atomic mass is 32.2. The molecule has 0 aliphatic carbocycles. The summed E-state index contributed by atoms with van der Waals surface area (Å²) < 4.78 is 30.4. The minimum absolute atomic E-state index is 0.231. The Morgan fingerprint density at radius 2 is 1.67 bits per heavy atom. The van der Waals surface area contributed by atoms with Gasteiger partial charge in [0, 0.05) is 26.2 Å². The molecule has 0 spiro atoms. The number of benzene rings is 1. The summed E-state index contributed by atoms with van der Waals surface area (Å²) in [5.74, 6) is -0.703. The van der Waals surface area contributed by atoms with E-state index in [2.05, 4.69) is 11.8 Å². The van der Waals surface area contributed by atoms with E-state index in [1.54, 1.807) is 11.8 Å². The zero-order valence-electron chi connectivity index (χ0n) is 16.1. The smallest absolute Gasteiger partial charge is 0.338 e. The highest BCUT2D eigenvalue weighted by Gasteiger charge is 2.26. The van der Waals surface area contributed by atoms with Crippen molar-refractivity contribution in [1.29, 1.82) is 0 Å². The molecule has 27 heavy (non-hydrogen) atoms. The first-order valence-electron chi connectivity index (χ1n) is 9.01. The third-order valence-corrected chi connectivity index (χ3v) is 5.66. The Bertz CT molecular complexity index is 756. The number of carbonyl (C=O) groups is 2. The fraction of sp³-hybridized carbons (Fsp3) is 0.556. The molecule has 0 unspecified atom stereocenters. The fourth-order valence-corrected chi connectivity index (χ4v) is 3.76. The Balaban J connectivity index is 2.12. The molecule has 1 saturated heterocycles. The van der Waals surface area contributed by atoms with Crippen LogP contribution in [0.2, 0.25) is 0 Å². The Kier molecular flexibility index (Phi) is 7.20. The predicted octanol–water partition coefficient (Wildman–Crippen LogP) is 0.793. The number of hydrogen-bond acceptors (Lipinski definition) is 6. The maximum Gasteiger partial charge on any atom is 0.338 e. The van der Waals surface area contributed by atoms with Crippen molar-refractivity contribution >= 4 is 27.6 Å². The Morgan fingerprint density at radius 3 is 2.15 bits per heavy atom. The zero-order valence-corrected chi connectivity index (χ0v) is 16.9. The lowest BCUT2D eigenvalue weighted by atomic mass is 10.2. The molecule has 0 bridgehead atoms. The van der Waals surface area contributed by atoms with Crippen LogP contribution in [-0.2, 0) is 19.6 Å². The third kappa shape index (κ3) is 5.67. The number of ether oxygens (including phenoxy) is 1. The summed E-state index contributed by atoms with van der Waals surface area (Å²) >= 11 is 0. The molecule has 1 heterocycles. The first-order valence-corrected chi connectivity index (χ1v) is 10.9. The molecule has 0 saturated carbocycles. The molecule has 8 nitrogen and oxygen atoms in total. The van der Waals surface area contributed by atoms with Gasteiger partial charge in [0.05, 0.1) is 24.1 Å². The van der Waals surface area contributed by atoms with Gasteiger partial charge in [-0.1, -0.05) is 6.92 Å². The lowest BCUT2D eigenvalue weighted by Crippen LogP contribution is -2.51. The quantitative estimate of drug-likeness (QED) is 0.633. The maximum absolute atomic E-state index is 12.6. The molecular weight excluding hydrogens is 370 g/mol. The molecule has 1 aliphatic heterocycles. The summed E-state index contributed by atoms with van der Waals surface area (Å²) in [6.45, 7) is 7.47. The van der Waals surface area contributed by atoms with Crippen LogP contribution < -0.4 is 4.31 Å². The van der Waals surface area contributed by atoms with Crippen LogP contribution in [0.15, 0.2) is 24.3 Å². The summed E-state index contributed by atoms with van der Waals surface area (Å²) in [6, 6.07) is 6.01. The number of esters is 1. The van der Waals surface area contributed by atoms with Crippen LogP contribution in [0.3, 0.4) is 0 Å². The molecule has 2 rings (SSSR count). The van der Waals surface area contributed by atoms with E-state index in [4.69, 9.17) is 4.74 Å². The topological polar surface area (TPSA) is 87.2 Å². The second-order valence-electron chi connectivity index (χ2n) is 6.35.